The van der Waals surface area contributed by atoms with E-state index in [-0.39, 0.29) is 24.2 Å². The number of phenols is 1. The first-order chi connectivity index (χ1) is 7.52. The lowest BCUT2D eigenvalue weighted by molar-refractivity contribution is 0.370. The van der Waals surface area contributed by atoms with Crippen LogP contribution < -0.4 is 10.5 Å². The third kappa shape index (κ3) is 3.74. The van der Waals surface area contributed by atoms with E-state index in [1.54, 1.807) is 6.07 Å². The molecule has 6 heteroatoms. The molecule has 0 aliphatic carbocycles. The number of methoxy groups -OCH3 is 1. The Hall–Kier alpha value is 0.0300. The molecule has 0 spiro atoms. The van der Waals surface area contributed by atoms with Crippen molar-refractivity contribution in [2.24, 2.45) is 5.73 Å². The maximum absolute atomic E-state index is 9.77. The predicted octanol–water partition coefficient (Wildman–Crippen LogP) is 4.15. The van der Waals surface area contributed by atoms with Crippen LogP contribution in [0.15, 0.2) is 15.0 Å². The van der Waals surface area contributed by atoms with Crippen molar-refractivity contribution in [2.75, 3.05) is 7.11 Å². The zero-order valence-electron chi connectivity index (χ0n) is 9.67. The summed E-state index contributed by atoms with van der Waals surface area (Å²) in [5.41, 5.74) is 6.99. The van der Waals surface area contributed by atoms with Crippen molar-refractivity contribution in [2.45, 2.75) is 25.8 Å². The van der Waals surface area contributed by atoms with Gasteiger partial charge in [0.15, 0.2) is 11.5 Å². The molecule has 98 valence electrons. The first-order valence-electron chi connectivity index (χ1n) is 5.03. The Bertz CT molecular complexity index is 388. The highest BCUT2D eigenvalue weighted by Crippen LogP contribution is 2.43. The molecule has 0 aliphatic heterocycles. The van der Waals surface area contributed by atoms with Crippen molar-refractivity contribution in [3.8, 4) is 11.5 Å². The Balaban J connectivity index is 0.00000256. The monoisotopic (exact) mass is 387 g/mol. The Morgan fingerprint density at radius 2 is 2.00 bits per heavy atom. The number of benzene rings is 1. The quantitative estimate of drug-likeness (QED) is 0.813. The van der Waals surface area contributed by atoms with E-state index in [0.29, 0.717) is 10.2 Å². The highest BCUT2D eigenvalue weighted by Gasteiger charge is 2.18. The molecule has 3 nitrogen and oxygen atoms in total. The van der Waals surface area contributed by atoms with Gasteiger partial charge >= 0.3 is 0 Å². The Morgan fingerprint density at radius 3 is 2.47 bits per heavy atom. The summed E-state index contributed by atoms with van der Waals surface area (Å²) in [5.74, 6) is 0.512. The third-order valence-electron chi connectivity index (χ3n) is 2.39. The van der Waals surface area contributed by atoms with Crippen LogP contribution in [0.2, 0.25) is 0 Å². The lowest BCUT2D eigenvalue weighted by Gasteiger charge is -2.16. The normalized spacial score (nSPS) is 11.8. The second kappa shape index (κ2) is 7.46. The lowest BCUT2D eigenvalue weighted by Crippen LogP contribution is -2.11. The maximum atomic E-state index is 9.77. The summed E-state index contributed by atoms with van der Waals surface area (Å²) in [6.07, 6.45) is 1.90. The topological polar surface area (TPSA) is 55.5 Å². The van der Waals surface area contributed by atoms with Crippen LogP contribution >= 0.6 is 44.3 Å². The van der Waals surface area contributed by atoms with E-state index >= 15 is 0 Å². The highest BCUT2D eigenvalue weighted by atomic mass is 79.9. The molecule has 0 fully saturated rings. The number of hydrogen-bond donors (Lipinski definition) is 2. The van der Waals surface area contributed by atoms with Gasteiger partial charge in [0.1, 0.15) is 0 Å². The molecule has 1 rings (SSSR count). The lowest BCUT2D eigenvalue weighted by atomic mass is 10.0. The third-order valence-corrected chi connectivity index (χ3v) is 4.55. The summed E-state index contributed by atoms with van der Waals surface area (Å²) in [6, 6.07) is 1.70. The summed E-state index contributed by atoms with van der Waals surface area (Å²) >= 11 is 6.73. The number of ether oxygens (including phenoxy) is 1. The number of nitrogens with two attached hydrogens (primary N) is 1. The van der Waals surface area contributed by atoms with Crippen molar-refractivity contribution >= 4 is 44.3 Å². The number of rotatable bonds is 4. The van der Waals surface area contributed by atoms with Crippen LogP contribution in [0.4, 0.5) is 0 Å². The molecule has 17 heavy (non-hydrogen) atoms. The molecule has 0 amide bonds. The Morgan fingerprint density at radius 1 is 1.41 bits per heavy atom. The van der Waals surface area contributed by atoms with Crippen LogP contribution in [-0.2, 0) is 0 Å². The molecular formula is C11H16Br2ClNO2. The molecule has 0 bridgehead atoms. The molecular weight excluding hydrogens is 373 g/mol. The SMILES string of the molecule is CCC[C@H](N)c1cc(OC)c(O)c(Br)c1Br.Cl. The summed E-state index contributed by atoms with van der Waals surface area (Å²) in [4.78, 5) is 0. The van der Waals surface area contributed by atoms with Crippen LogP contribution in [0.25, 0.3) is 0 Å². The summed E-state index contributed by atoms with van der Waals surface area (Å²) in [6.45, 7) is 2.08. The van der Waals surface area contributed by atoms with Crippen LogP contribution in [0.5, 0.6) is 11.5 Å². The second-order valence-corrected chi connectivity index (χ2v) is 5.13. The predicted molar refractivity (Wildman–Crippen MR) is 79.1 cm³/mol. The first-order valence-corrected chi connectivity index (χ1v) is 6.61. The minimum absolute atomic E-state index is 0. The van der Waals surface area contributed by atoms with Crippen LogP contribution in [-0.4, -0.2) is 12.2 Å². The first kappa shape index (κ1) is 17.0. The van der Waals surface area contributed by atoms with E-state index in [0.717, 1.165) is 22.9 Å². The molecule has 0 saturated heterocycles. The second-order valence-electron chi connectivity index (χ2n) is 3.54. The number of hydrogen-bond acceptors (Lipinski definition) is 3. The fourth-order valence-electron chi connectivity index (χ4n) is 1.50. The fourth-order valence-corrected chi connectivity index (χ4v) is 2.52. The molecule has 1 aromatic rings. The molecule has 1 aromatic carbocycles. The van der Waals surface area contributed by atoms with E-state index in [1.807, 2.05) is 0 Å². The van der Waals surface area contributed by atoms with Crippen LogP contribution in [0.3, 0.4) is 0 Å². The number of halogens is 3. The van der Waals surface area contributed by atoms with Gasteiger partial charge in [-0.05, 0) is 49.9 Å². The number of aromatic hydroxyl groups is 1. The maximum Gasteiger partial charge on any atom is 0.173 e. The Kier molecular flexibility index (Phi) is 7.47. The molecule has 0 radical (unpaired) electrons. The fraction of sp³-hybridized carbons (Fsp3) is 0.455. The molecule has 3 N–H and O–H groups in total. The van der Waals surface area contributed by atoms with Gasteiger partial charge in [0, 0.05) is 10.5 Å². The molecule has 1 atom stereocenters. The van der Waals surface area contributed by atoms with Crippen molar-refractivity contribution in [1.29, 1.82) is 0 Å². The molecule has 0 aliphatic rings. The van der Waals surface area contributed by atoms with Gasteiger partial charge in [0.2, 0.25) is 0 Å². The Labute approximate surface area is 124 Å². The van der Waals surface area contributed by atoms with Crippen molar-refractivity contribution in [1.82, 2.24) is 0 Å². The van der Waals surface area contributed by atoms with E-state index in [4.69, 9.17) is 10.5 Å². The van der Waals surface area contributed by atoms with Gasteiger partial charge in [0.05, 0.1) is 11.6 Å². The van der Waals surface area contributed by atoms with Gasteiger partial charge in [0.25, 0.3) is 0 Å². The van der Waals surface area contributed by atoms with Gasteiger partial charge in [-0.25, -0.2) is 0 Å². The van der Waals surface area contributed by atoms with Crippen molar-refractivity contribution in [3.63, 3.8) is 0 Å². The zero-order valence-corrected chi connectivity index (χ0v) is 13.7. The van der Waals surface area contributed by atoms with Crippen LogP contribution in [0, 0.1) is 0 Å². The van der Waals surface area contributed by atoms with Gasteiger partial charge in [-0.1, -0.05) is 13.3 Å². The molecule has 0 heterocycles. The standard InChI is InChI=1S/C11H15Br2NO2.ClH/c1-3-4-7(14)6-5-8(16-2)11(15)10(13)9(6)12;/h5,7,15H,3-4,14H2,1-2H3;1H/t7-;/m0./s1. The molecule has 0 saturated carbocycles. The van der Waals surface area contributed by atoms with E-state index in [1.165, 1.54) is 7.11 Å². The van der Waals surface area contributed by atoms with E-state index < -0.39 is 0 Å². The average molecular weight is 390 g/mol. The van der Waals surface area contributed by atoms with Crippen molar-refractivity contribution in [3.05, 3.63) is 20.6 Å². The summed E-state index contributed by atoms with van der Waals surface area (Å²) < 4.78 is 6.45. The van der Waals surface area contributed by atoms with Gasteiger partial charge in [-0.3, -0.25) is 0 Å². The van der Waals surface area contributed by atoms with Gasteiger partial charge in [-0.2, -0.15) is 0 Å². The van der Waals surface area contributed by atoms with Gasteiger partial charge < -0.3 is 15.6 Å². The molecule has 0 aromatic heterocycles. The van der Waals surface area contributed by atoms with E-state index in [9.17, 15) is 5.11 Å². The largest absolute Gasteiger partial charge is 0.503 e. The highest BCUT2D eigenvalue weighted by molar-refractivity contribution is 9.13. The minimum atomic E-state index is -0.0647. The van der Waals surface area contributed by atoms with Crippen LogP contribution in [0.1, 0.15) is 31.4 Å². The molecule has 0 unspecified atom stereocenters. The number of phenolic OH excluding ortho intramolecular Hbond substituents is 1. The van der Waals surface area contributed by atoms with Crippen molar-refractivity contribution < 1.29 is 9.84 Å². The van der Waals surface area contributed by atoms with Gasteiger partial charge in [-0.15, -0.1) is 12.4 Å². The van der Waals surface area contributed by atoms with E-state index in [2.05, 4.69) is 38.8 Å². The summed E-state index contributed by atoms with van der Waals surface area (Å²) in [5, 5.41) is 9.77. The summed E-state index contributed by atoms with van der Waals surface area (Å²) in [7, 11) is 1.52. The zero-order chi connectivity index (χ0) is 12.3. The smallest absolute Gasteiger partial charge is 0.173 e. The minimum Gasteiger partial charge on any atom is -0.503 e. The average Bonchev–Trinajstić information content (AvgIpc) is 2.27.